The smallest absolute Gasteiger partial charge is 0.223 e. The molecule has 25 heavy (non-hydrogen) atoms. The van der Waals surface area contributed by atoms with Crippen molar-refractivity contribution in [2.24, 2.45) is 5.92 Å². The molecule has 0 spiro atoms. The van der Waals surface area contributed by atoms with Crippen molar-refractivity contribution in [3.8, 4) is 11.5 Å². The second-order valence-electron chi connectivity index (χ2n) is 7.27. The fraction of sp³-hybridized carbons (Fsp3) is 0.650. The van der Waals surface area contributed by atoms with Crippen molar-refractivity contribution >= 4 is 5.91 Å². The zero-order valence-corrected chi connectivity index (χ0v) is 15.7. The Balaban J connectivity index is 1.68. The van der Waals surface area contributed by atoms with Gasteiger partial charge in [0, 0.05) is 32.6 Å². The second kappa shape index (κ2) is 8.09. The zero-order valence-electron chi connectivity index (χ0n) is 15.7. The number of benzene rings is 1. The Morgan fingerprint density at radius 1 is 1.08 bits per heavy atom. The molecule has 2 heterocycles. The quantitative estimate of drug-likeness (QED) is 0.822. The molecule has 5 heteroatoms. The Labute approximate surface area is 150 Å². The van der Waals surface area contributed by atoms with Crippen LogP contribution in [-0.2, 0) is 4.79 Å². The maximum absolute atomic E-state index is 12.8. The Morgan fingerprint density at radius 3 is 2.40 bits per heavy atom. The molecule has 2 aliphatic heterocycles. The molecule has 0 radical (unpaired) electrons. The molecule has 1 aromatic rings. The van der Waals surface area contributed by atoms with Gasteiger partial charge in [-0.05, 0) is 36.1 Å². The SMILES string of the molecule is CCN1CCN(C(=O)CC(c2ccc3c(c2)OCCO3)C(C)C)CC1. The predicted molar refractivity (Wildman–Crippen MR) is 98.3 cm³/mol. The van der Waals surface area contributed by atoms with Crippen molar-refractivity contribution in [2.45, 2.75) is 33.1 Å². The minimum absolute atomic E-state index is 0.201. The van der Waals surface area contributed by atoms with Gasteiger partial charge >= 0.3 is 0 Å². The van der Waals surface area contributed by atoms with Crippen LogP contribution >= 0.6 is 0 Å². The van der Waals surface area contributed by atoms with Crippen LogP contribution in [-0.4, -0.2) is 61.6 Å². The average Bonchev–Trinajstić information content (AvgIpc) is 2.65. The number of hydrogen-bond acceptors (Lipinski definition) is 4. The first-order valence-electron chi connectivity index (χ1n) is 9.48. The normalized spacial score (nSPS) is 19.1. The van der Waals surface area contributed by atoms with E-state index < -0.39 is 0 Å². The highest BCUT2D eigenvalue weighted by molar-refractivity contribution is 5.77. The van der Waals surface area contributed by atoms with Gasteiger partial charge in [0.15, 0.2) is 11.5 Å². The molecular formula is C20H30N2O3. The van der Waals surface area contributed by atoms with Gasteiger partial charge in [0.25, 0.3) is 0 Å². The molecule has 1 saturated heterocycles. The summed E-state index contributed by atoms with van der Waals surface area (Å²) in [5, 5.41) is 0. The van der Waals surface area contributed by atoms with E-state index in [2.05, 4.69) is 37.8 Å². The highest BCUT2D eigenvalue weighted by atomic mass is 16.6. The molecule has 0 bridgehead atoms. The lowest BCUT2D eigenvalue weighted by Crippen LogP contribution is -2.48. The maximum Gasteiger partial charge on any atom is 0.223 e. The lowest BCUT2D eigenvalue weighted by Gasteiger charge is -2.35. The van der Waals surface area contributed by atoms with Crippen LogP contribution in [0.2, 0.25) is 0 Å². The number of ether oxygens (including phenoxy) is 2. The summed E-state index contributed by atoms with van der Waals surface area (Å²) in [6, 6.07) is 6.12. The standard InChI is InChI=1S/C20H30N2O3/c1-4-21-7-9-22(10-8-21)20(23)14-17(15(2)3)16-5-6-18-19(13-16)25-12-11-24-18/h5-6,13,15,17H,4,7-12,14H2,1-3H3. The topological polar surface area (TPSA) is 42.0 Å². The lowest BCUT2D eigenvalue weighted by atomic mass is 9.85. The summed E-state index contributed by atoms with van der Waals surface area (Å²) in [6.07, 6.45) is 0.559. The minimum atomic E-state index is 0.201. The van der Waals surface area contributed by atoms with E-state index in [1.807, 2.05) is 11.0 Å². The second-order valence-corrected chi connectivity index (χ2v) is 7.27. The number of piperazine rings is 1. The van der Waals surface area contributed by atoms with E-state index in [1.54, 1.807) is 0 Å². The van der Waals surface area contributed by atoms with Crippen LogP contribution in [0.1, 0.15) is 38.7 Å². The first-order valence-corrected chi connectivity index (χ1v) is 9.48. The number of likely N-dealkylation sites (N-methyl/N-ethyl adjacent to an activating group) is 1. The summed E-state index contributed by atoms with van der Waals surface area (Å²) in [7, 11) is 0. The van der Waals surface area contributed by atoms with Crippen LogP contribution in [0, 0.1) is 5.92 Å². The summed E-state index contributed by atoms with van der Waals surface area (Å²) in [5.74, 6) is 2.47. The summed E-state index contributed by atoms with van der Waals surface area (Å²) in [4.78, 5) is 17.2. The fourth-order valence-electron chi connectivity index (χ4n) is 3.66. The number of hydrogen-bond donors (Lipinski definition) is 0. The fourth-order valence-corrected chi connectivity index (χ4v) is 3.66. The van der Waals surface area contributed by atoms with E-state index in [0.717, 1.165) is 44.2 Å². The first kappa shape index (κ1) is 18.1. The van der Waals surface area contributed by atoms with Gasteiger partial charge in [-0.1, -0.05) is 26.8 Å². The number of carbonyl (C=O) groups is 1. The van der Waals surface area contributed by atoms with Crippen LogP contribution in [0.25, 0.3) is 0 Å². The Hall–Kier alpha value is -1.75. The molecule has 0 saturated carbocycles. The minimum Gasteiger partial charge on any atom is -0.486 e. The van der Waals surface area contributed by atoms with Crippen molar-refractivity contribution in [2.75, 3.05) is 45.9 Å². The molecule has 1 unspecified atom stereocenters. The molecule has 1 aromatic carbocycles. The van der Waals surface area contributed by atoms with Crippen LogP contribution in [0.15, 0.2) is 18.2 Å². The predicted octanol–water partition coefficient (Wildman–Crippen LogP) is 2.75. The molecular weight excluding hydrogens is 316 g/mol. The highest BCUT2D eigenvalue weighted by Gasteiger charge is 2.26. The average molecular weight is 346 g/mol. The van der Waals surface area contributed by atoms with E-state index in [1.165, 1.54) is 5.56 Å². The molecule has 5 nitrogen and oxygen atoms in total. The Bertz CT molecular complexity index is 595. The summed E-state index contributed by atoms with van der Waals surface area (Å²) < 4.78 is 11.3. The molecule has 0 N–H and O–H groups in total. The van der Waals surface area contributed by atoms with Crippen LogP contribution < -0.4 is 9.47 Å². The van der Waals surface area contributed by atoms with Gasteiger partial charge in [-0.25, -0.2) is 0 Å². The van der Waals surface area contributed by atoms with E-state index in [4.69, 9.17) is 9.47 Å². The van der Waals surface area contributed by atoms with E-state index in [9.17, 15) is 4.79 Å². The van der Waals surface area contributed by atoms with Crippen molar-refractivity contribution < 1.29 is 14.3 Å². The van der Waals surface area contributed by atoms with Crippen LogP contribution in [0.5, 0.6) is 11.5 Å². The number of amides is 1. The molecule has 1 atom stereocenters. The molecule has 138 valence electrons. The lowest BCUT2D eigenvalue weighted by molar-refractivity contribution is -0.133. The number of fused-ring (bicyclic) bond motifs is 1. The molecule has 0 aromatic heterocycles. The highest BCUT2D eigenvalue weighted by Crippen LogP contribution is 2.36. The molecule has 3 rings (SSSR count). The van der Waals surface area contributed by atoms with Gasteiger partial charge in [-0.2, -0.15) is 0 Å². The van der Waals surface area contributed by atoms with Crippen molar-refractivity contribution in [3.05, 3.63) is 23.8 Å². The molecule has 0 aliphatic carbocycles. The van der Waals surface area contributed by atoms with Gasteiger partial charge < -0.3 is 19.3 Å². The number of carbonyl (C=O) groups excluding carboxylic acids is 1. The van der Waals surface area contributed by atoms with Crippen LogP contribution in [0.3, 0.4) is 0 Å². The van der Waals surface area contributed by atoms with Gasteiger partial charge in [-0.15, -0.1) is 0 Å². The molecule has 2 aliphatic rings. The van der Waals surface area contributed by atoms with Gasteiger partial charge in [0.1, 0.15) is 13.2 Å². The van der Waals surface area contributed by atoms with Crippen molar-refractivity contribution in [3.63, 3.8) is 0 Å². The van der Waals surface area contributed by atoms with Crippen molar-refractivity contribution in [1.82, 2.24) is 9.80 Å². The van der Waals surface area contributed by atoms with Gasteiger partial charge in [0.05, 0.1) is 0 Å². The Kier molecular flexibility index (Phi) is 5.84. The summed E-state index contributed by atoms with van der Waals surface area (Å²) >= 11 is 0. The molecule has 1 fully saturated rings. The summed E-state index contributed by atoms with van der Waals surface area (Å²) in [6.45, 7) is 12.5. The summed E-state index contributed by atoms with van der Waals surface area (Å²) in [5.41, 5.74) is 1.17. The van der Waals surface area contributed by atoms with Gasteiger partial charge in [0.2, 0.25) is 5.91 Å². The van der Waals surface area contributed by atoms with E-state index >= 15 is 0 Å². The Morgan fingerprint density at radius 2 is 1.76 bits per heavy atom. The van der Waals surface area contributed by atoms with E-state index in [0.29, 0.717) is 25.6 Å². The molecule has 1 amide bonds. The largest absolute Gasteiger partial charge is 0.486 e. The maximum atomic E-state index is 12.8. The van der Waals surface area contributed by atoms with Gasteiger partial charge in [-0.3, -0.25) is 4.79 Å². The number of nitrogens with zero attached hydrogens (tertiary/aromatic N) is 2. The van der Waals surface area contributed by atoms with E-state index in [-0.39, 0.29) is 11.8 Å². The van der Waals surface area contributed by atoms with Crippen molar-refractivity contribution in [1.29, 1.82) is 0 Å². The number of rotatable bonds is 5. The third-order valence-corrected chi connectivity index (χ3v) is 5.37. The monoisotopic (exact) mass is 346 g/mol. The third-order valence-electron chi connectivity index (χ3n) is 5.37. The third kappa shape index (κ3) is 4.27. The van der Waals surface area contributed by atoms with Crippen LogP contribution in [0.4, 0.5) is 0 Å². The zero-order chi connectivity index (χ0) is 17.8. The first-order chi connectivity index (χ1) is 12.1.